The molecular weight excluding hydrogens is 217 g/mol. The summed E-state index contributed by atoms with van der Waals surface area (Å²) in [7, 11) is 0. The van der Waals surface area contributed by atoms with Gasteiger partial charge in [0.05, 0.1) is 0 Å². The Bertz CT molecular complexity index is 352. The lowest BCUT2D eigenvalue weighted by Gasteiger charge is -2.25. The van der Waals surface area contributed by atoms with Gasteiger partial charge in [-0.25, -0.2) is 13.2 Å². The van der Waals surface area contributed by atoms with Gasteiger partial charge in [-0.05, 0) is 19.4 Å². The summed E-state index contributed by atoms with van der Waals surface area (Å²) in [4.78, 5) is 0. The van der Waals surface area contributed by atoms with Crippen LogP contribution in [0, 0.1) is 17.5 Å². The first kappa shape index (κ1) is 11.3. The number of rotatable bonds is 2. The van der Waals surface area contributed by atoms with Crippen molar-refractivity contribution in [1.82, 2.24) is 5.32 Å². The molecule has 0 aromatic heterocycles. The molecule has 1 fully saturated rings. The maximum absolute atomic E-state index is 13.3. The van der Waals surface area contributed by atoms with Gasteiger partial charge in [0.1, 0.15) is 11.5 Å². The zero-order valence-corrected chi connectivity index (χ0v) is 8.69. The molecule has 0 bridgehead atoms. The molecule has 1 atom stereocenters. The van der Waals surface area contributed by atoms with E-state index in [-0.39, 0.29) is 11.7 Å². The van der Waals surface area contributed by atoms with Gasteiger partial charge in [0, 0.05) is 24.7 Å². The van der Waals surface area contributed by atoms with Crippen LogP contribution in [0.1, 0.15) is 12.8 Å². The fourth-order valence-corrected chi connectivity index (χ4v) is 1.86. The Morgan fingerprint density at radius 1 is 1.19 bits per heavy atom. The average Bonchev–Trinajstić information content (AvgIpc) is 2.25. The normalized spacial score (nSPS) is 20.8. The molecule has 2 rings (SSSR count). The maximum atomic E-state index is 13.3. The molecule has 1 saturated heterocycles. The molecule has 1 heterocycles. The molecule has 1 aliphatic heterocycles. The summed E-state index contributed by atoms with van der Waals surface area (Å²) in [5.74, 6) is -2.67. The van der Waals surface area contributed by atoms with E-state index >= 15 is 0 Å². The molecule has 1 unspecified atom stereocenters. The van der Waals surface area contributed by atoms with Crippen LogP contribution in [-0.2, 0) is 0 Å². The summed E-state index contributed by atoms with van der Waals surface area (Å²) in [5.41, 5.74) is -0.241. The SMILES string of the molecule is Fc1cc(F)c(NC2CCCNC2)c(F)c1. The molecule has 88 valence electrons. The topological polar surface area (TPSA) is 24.1 Å². The van der Waals surface area contributed by atoms with Crippen LogP contribution >= 0.6 is 0 Å². The van der Waals surface area contributed by atoms with Crippen molar-refractivity contribution in [1.29, 1.82) is 0 Å². The Labute approximate surface area is 91.8 Å². The van der Waals surface area contributed by atoms with Crippen molar-refractivity contribution in [3.8, 4) is 0 Å². The summed E-state index contributed by atoms with van der Waals surface area (Å²) in [6.07, 6.45) is 1.81. The first-order chi connectivity index (χ1) is 7.66. The minimum absolute atomic E-state index is 0.0109. The van der Waals surface area contributed by atoms with E-state index in [0.29, 0.717) is 18.7 Å². The van der Waals surface area contributed by atoms with E-state index in [1.807, 2.05) is 0 Å². The summed E-state index contributed by atoms with van der Waals surface area (Å²) in [6.45, 7) is 1.59. The van der Waals surface area contributed by atoms with Crippen molar-refractivity contribution in [2.75, 3.05) is 18.4 Å². The van der Waals surface area contributed by atoms with Gasteiger partial charge in [0.2, 0.25) is 0 Å². The van der Waals surface area contributed by atoms with E-state index in [2.05, 4.69) is 10.6 Å². The van der Waals surface area contributed by atoms with Crippen LogP contribution in [0.4, 0.5) is 18.9 Å². The molecule has 16 heavy (non-hydrogen) atoms. The molecule has 0 saturated carbocycles. The second-order valence-electron chi connectivity index (χ2n) is 3.93. The van der Waals surface area contributed by atoms with E-state index in [4.69, 9.17) is 0 Å². The van der Waals surface area contributed by atoms with Crippen LogP contribution in [0.15, 0.2) is 12.1 Å². The van der Waals surface area contributed by atoms with Gasteiger partial charge in [-0.2, -0.15) is 0 Å². The van der Waals surface area contributed by atoms with Crippen LogP contribution in [-0.4, -0.2) is 19.1 Å². The Kier molecular flexibility index (Phi) is 3.33. The molecule has 0 spiro atoms. The highest BCUT2D eigenvalue weighted by atomic mass is 19.1. The number of anilines is 1. The van der Waals surface area contributed by atoms with Gasteiger partial charge in [0.25, 0.3) is 0 Å². The summed E-state index contributed by atoms with van der Waals surface area (Å²) in [5, 5.41) is 5.89. The molecule has 1 aromatic rings. The zero-order chi connectivity index (χ0) is 11.5. The third-order valence-electron chi connectivity index (χ3n) is 2.65. The molecule has 0 radical (unpaired) electrons. The minimum Gasteiger partial charge on any atom is -0.376 e. The first-order valence-corrected chi connectivity index (χ1v) is 5.28. The summed E-state index contributed by atoms with van der Waals surface area (Å²) in [6, 6.07) is 1.35. The van der Waals surface area contributed by atoms with Crippen molar-refractivity contribution >= 4 is 5.69 Å². The average molecular weight is 230 g/mol. The Morgan fingerprint density at radius 2 is 1.88 bits per heavy atom. The van der Waals surface area contributed by atoms with Crippen molar-refractivity contribution in [2.45, 2.75) is 18.9 Å². The van der Waals surface area contributed by atoms with Crippen LogP contribution in [0.3, 0.4) is 0 Å². The number of hydrogen-bond donors (Lipinski definition) is 2. The minimum atomic E-state index is -0.901. The number of halogens is 3. The van der Waals surface area contributed by atoms with Gasteiger partial charge >= 0.3 is 0 Å². The Morgan fingerprint density at radius 3 is 2.44 bits per heavy atom. The van der Waals surface area contributed by atoms with E-state index in [1.165, 1.54) is 0 Å². The third-order valence-corrected chi connectivity index (χ3v) is 2.65. The van der Waals surface area contributed by atoms with E-state index in [0.717, 1.165) is 19.4 Å². The van der Waals surface area contributed by atoms with E-state index < -0.39 is 17.5 Å². The fraction of sp³-hybridized carbons (Fsp3) is 0.455. The lowest BCUT2D eigenvalue weighted by molar-refractivity contribution is 0.472. The molecule has 0 aliphatic carbocycles. The predicted octanol–water partition coefficient (Wildman–Crippen LogP) is 2.27. The Hall–Kier alpha value is -1.23. The van der Waals surface area contributed by atoms with Crippen molar-refractivity contribution < 1.29 is 13.2 Å². The standard InChI is InChI=1S/C11H13F3N2/c12-7-4-9(13)11(10(14)5-7)16-8-2-1-3-15-6-8/h4-5,8,15-16H,1-3,6H2. The second-order valence-corrected chi connectivity index (χ2v) is 3.93. The third kappa shape index (κ3) is 2.47. The highest BCUT2D eigenvalue weighted by Crippen LogP contribution is 2.22. The molecule has 1 aromatic carbocycles. The Balaban J connectivity index is 2.14. The van der Waals surface area contributed by atoms with Crippen LogP contribution in [0.5, 0.6) is 0 Å². The lowest BCUT2D eigenvalue weighted by atomic mass is 10.1. The second kappa shape index (κ2) is 4.74. The number of hydrogen-bond acceptors (Lipinski definition) is 2. The van der Waals surface area contributed by atoms with Gasteiger partial charge in [0.15, 0.2) is 11.6 Å². The van der Waals surface area contributed by atoms with Crippen molar-refractivity contribution in [2.24, 2.45) is 0 Å². The molecule has 1 aliphatic rings. The largest absolute Gasteiger partial charge is 0.376 e. The van der Waals surface area contributed by atoms with Crippen molar-refractivity contribution in [3.05, 3.63) is 29.6 Å². The summed E-state index contributed by atoms with van der Waals surface area (Å²) >= 11 is 0. The van der Waals surface area contributed by atoms with Crippen LogP contribution in [0.25, 0.3) is 0 Å². The quantitative estimate of drug-likeness (QED) is 0.814. The maximum Gasteiger partial charge on any atom is 0.152 e. The van der Waals surface area contributed by atoms with Gasteiger partial charge in [-0.1, -0.05) is 0 Å². The molecular formula is C11H13F3N2. The van der Waals surface area contributed by atoms with E-state index in [9.17, 15) is 13.2 Å². The van der Waals surface area contributed by atoms with E-state index in [1.54, 1.807) is 0 Å². The smallest absolute Gasteiger partial charge is 0.152 e. The fourth-order valence-electron chi connectivity index (χ4n) is 1.86. The lowest BCUT2D eigenvalue weighted by Crippen LogP contribution is -2.38. The summed E-state index contributed by atoms with van der Waals surface area (Å²) < 4.78 is 39.3. The molecule has 2 N–H and O–H groups in total. The highest BCUT2D eigenvalue weighted by Gasteiger charge is 2.17. The monoisotopic (exact) mass is 230 g/mol. The van der Waals surface area contributed by atoms with Gasteiger partial charge in [-0.3, -0.25) is 0 Å². The molecule has 0 amide bonds. The van der Waals surface area contributed by atoms with Gasteiger partial charge < -0.3 is 10.6 Å². The van der Waals surface area contributed by atoms with Crippen LogP contribution in [0.2, 0.25) is 0 Å². The highest BCUT2D eigenvalue weighted by molar-refractivity contribution is 5.47. The first-order valence-electron chi connectivity index (χ1n) is 5.28. The van der Waals surface area contributed by atoms with Crippen LogP contribution < -0.4 is 10.6 Å². The number of nitrogens with one attached hydrogen (secondary N) is 2. The number of benzene rings is 1. The molecule has 5 heteroatoms. The number of piperidine rings is 1. The zero-order valence-electron chi connectivity index (χ0n) is 8.69. The predicted molar refractivity (Wildman–Crippen MR) is 55.8 cm³/mol. The van der Waals surface area contributed by atoms with Gasteiger partial charge in [-0.15, -0.1) is 0 Å². The molecule has 2 nitrogen and oxygen atoms in total. The van der Waals surface area contributed by atoms with Crippen molar-refractivity contribution in [3.63, 3.8) is 0 Å².